The van der Waals surface area contributed by atoms with E-state index in [1.165, 1.54) is 0 Å². The SMILES string of the molecule is O=C(CN1CCn2nccc2C1)OCc1ccccc1. The summed E-state index contributed by atoms with van der Waals surface area (Å²) in [5, 5.41) is 4.22. The summed E-state index contributed by atoms with van der Waals surface area (Å²) >= 11 is 0. The van der Waals surface area contributed by atoms with E-state index in [0.717, 1.165) is 30.9 Å². The van der Waals surface area contributed by atoms with Crippen LogP contribution in [0.5, 0.6) is 0 Å². The Morgan fingerprint density at radius 1 is 1.20 bits per heavy atom. The molecule has 1 aliphatic heterocycles. The molecule has 0 aliphatic carbocycles. The van der Waals surface area contributed by atoms with Crippen LogP contribution in [-0.4, -0.2) is 33.7 Å². The molecule has 104 valence electrons. The van der Waals surface area contributed by atoms with Crippen molar-refractivity contribution in [3.63, 3.8) is 0 Å². The minimum absolute atomic E-state index is 0.179. The maximum atomic E-state index is 11.8. The highest BCUT2D eigenvalue weighted by Crippen LogP contribution is 2.10. The number of benzene rings is 1. The Bertz CT molecular complexity index is 580. The monoisotopic (exact) mass is 271 g/mol. The van der Waals surface area contributed by atoms with Gasteiger partial charge in [-0.2, -0.15) is 5.10 Å². The van der Waals surface area contributed by atoms with Crippen LogP contribution in [0.1, 0.15) is 11.3 Å². The molecule has 0 spiro atoms. The van der Waals surface area contributed by atoms with Gasteiger partial charge in [0.25, 0.3) is 0 Å². The van der Waals surface area contributed by atoms with Crippen LogP contribution in [0.25, 0.3) is 0 Å². The van der Waals surface area contributed by atoms with Gasteiger partial charge in [-0.1, -0.05) is 30.3 Å². The summed E-state index contributed by atoms with van der Waals surface area (Å²) in [7, 11) is 0. The van der Waals surface area contributed by atoms with Crippen molar-refractivity contribution in [1.82, 2.24) is 14.7 Å². The number of fused-ring (bicyclic) bond motifs is 1. The second-order valence-corrected chi connectivity index (χ2v) is 4.90. The maximum Gasteiger partial charge on any atom is 0.320 e. The molecule has 0 radical (unpaired) electrons. The lowest BCUT2D eigenvalue weighted by Gasteiger charge is -2.26. The summed E-state index contributed by atoms with van der Waals surface area (Å²) in [5.74, 6) is -0.179. The molecule has 2 aromatic rings. The molecule has 0 saturated heterocycles. The fraction of sp³-hybridized carbons (Fsp3) is 0.333. The molecule has 0 atom stereocenters. The Balaban J connectivity index is 1.48. The number of esters is 1. The molecule has 1 aliphatic rings. The molecule has 5 nitrogen and oxygen atoms in total. The van der Waals surface area contributed by atoms with Gasteiger partial charge in [0, 0.05) is 19.3 Å². The molecule has 5 heteroatoms. The highest BCUT2D eigenvalue weighted by atomic mass is 16.5. The zero-order valence-electron chi connectivity index (χ0n) is 11.2. The van der Waals surface area contributed by atoms with Crippen molar-refractivity contribution in [2.75, 3.05) is 13.1 Å². The van der Waals surface area contributed by atoms with Gasteiger partial charge in [0.1, 0.15) is 6.61 Å². The number of nitrogens with zero attached hydrogens (tertiary/aromatic N) is 3. The van der Waals surface area contributed by atoms with E-state index < -0.39 is 0 Å². The smallest absolute Gasteiger partial charge is 0.320 e. The lowest BCUT2D eigenvalue weighted by atomic mass is 10.2. The zero-order chi connectivity index (χ0) is 13.8. The second kappa shape index (κ2) is 5.88. The molecule has 0 N–H and O–H groups in total. The number of aromatic nitrogens is 2. The molecule has 0 unspecified atom stereocenters. The molecule has 0 bridgehead atoms. The predicted molar refractivity (Wildman–Crippen MR) is 73.7 cm³/mol. The van der Waals surface area contributed by atoms with Gasteiger partial charge < -0.3 is 4.74 Å². The number of rotatable bonds is 4. The highest BCUT2D eigenvalue weighted by Gasteiger charge is 2.19. The fourth-order valence-electron chi connectivity index (χ4n) is 2.34. The molecule has 1 aromatic heterocycles. The molecular weight excluding hydrogens is 254 g/mol. The van der Waals surface area contributed by atoms with Gasteiger partial charge in [-0.05, 0) is 11.6 Å². The van der Waals surface area contributed by atoms with Crippen molar-refractivity contribution in [3.05, 3.63) is 53.9 Å². The minimum Gasteiger partial charge on any atom is -0.460 e. The number of carbonyl (C=O) groups excluding carboxylic acids is 1. The average molecular weight is 271 g/mol. The number of hydrogen-bond donors (Lipinski definition) is 0. The Kier molecular flexibility index (Phi) is 3.78. The summed E-state index contributed by atoms with van der Waals surface area (Å²) < 4.78 is 7.28. The van der Waals surface area contributed by atoms with Crippen LogP contribution in [0.3, 0.4) is 0 Å². The normalized spacial score (nSPS) is 14.8. The van der Waals surface area contributed by atoms with Crippen LogP contribution >= 0.6 is 0 Å². The molecule has 3 rings (SSSR count). The standard InChI is InChI=1S/C15H17N3O2/c19-15(20-12-13-4-2-1-3-5-13)11-17-8-9-18-14(10-17)6-7-16-18/h1-7H,8-12H2. The first-order valence-electron chi connectivity index (χ1n) is 6.74. The highest BCUT2D eigenvalue weighted by molar-refractivity contribution is 5.71. The van der Waals surface area contributed by atoms with Crippen LogP contribution in [0.2, 0.25) is 0 Å². The first kappa shape index (κ1) is 12.9. The van der Waals surface area contributed by atoms with Crippen molar-refractivity contribution in [3.8, 4) is 0 Å². The Labute approximate surface area is 117 Å². The van der Waals surface area contributed by atoms with E-state index in [-0.39, 0.29) is 5.97 Å². The number of carbonyl (C=O) groups is 1. The van der Waals surface area contributed by atoms with E-state index in [2.05, 4.69) is 10.00 Å². The van der Waals surface area contributed by atoms with Crippen molar-refractivity contribution in [2.45, 2.75) is 19.7 Å². The lowest BCUT2D eigenvalue weighted by Crippen LogP contribution is -2.37. The zero-order valence-corrected chi connectivity index (χ0v) is 11.2. The van der Waals surface area contributed by atoms with Crippen LogP contribution in [0, 0.1) is 0 Å². The van der Waals surface area contributed by atoms with Gasteiger partial charge >= 0.3 is 5.97 Å². The molecule has 0 amide bonds. The molecular formula is C15H17N3O2. The van der Waals surface area contributed by atoms with E-state index in [1.54, 1.807) is 6.20 Å². The summed E-state index contributed by atoms with van der Waals surface area (Å²) in [6.45, 7) is 3.08. The van der Waals surface area contributed by atoms with Gasteiger partial charge in [0.2, 0.25) is 0 Å². The third kappa shape index (κ3) is 3.05. The van der Waals surface area contributed by atoms with Gasteiger partial charge in [0.15, 0.2) is 0 Å². The molecule has 0 saturated carbocycles. The van der Waals surface area contributed by atoms with E-state index >= 15 is 0 Å². The topological polar surface area (TPSA) is 47.4 Å². The third-order valence-corrected chi connectivity index (χ3v) is 3.41. The summed E-state index contributed by atoms with van der Waals surface area (Å²) in [6.07, 6.45) is 1.80. The minimum atomic E-state index is -0.179. The van der Waals surface area contributed by atoms with Crippen molar-refractivity contribution in [2.24, 2.45) is 0 Å². The van der Waals surface area contributed by atoms with E-state index in [0.29, 0.717) is 13.2 Å². The molecule has 0 fully saturated rings. The summed E-state index contributed by atoms with van der Waals surface area (Å²) in [4.78, 5) is 13.9. The van der Waals surface area contributed by atoms with Gasteiger partial charge in [0.05, 0.1) is 18.8 Å². The van der Waals surface area contributed by atoms with Crippen LogP contribution in [-0.2, 0) is 29.2 Å². The fourth-order valence-corrected chi connectivity index (χ4v) is 2.34. The average Bonchev–Trinajstić information content (AvgIpc) is 2.94. The number of ether oxygens (including phenoxy) is 1. The van der Waals surface area contributed by atoms with Gasteiger partial charge in [-0.25, -0.2) is 0 Å². The Hall–Kier alpha value is -2.14. The van der Waals surface area contributed by atoms with Gasteiger partial charge in [-0.15, -0.1) is 0 Å². The largest absolute Gasteiger partial charge is 0.460 e. The predicted octanol–water partition coefficient (Wildman–Crippen LogP) is 1.44. The first-order chi connectivity index (χ1) is 9.81. The van der Waals surface area contributed by atoms with Crippen molar-refractivity contribution >= 4 is 5.97 Å². The van der Waals surface area contributed by atoms with Crippen molar-refractivity contribution in [1.29, 1.82) is 0 Å². The maximum absolute atomic E-state index is 11.8. The van der Waals surface area contributed by atoms with Crippen LogP contribution < -0.4 is 0 Å². The quantitative estimate of drug-likeness (QED) is 0.790. The Morgan fingerprint density at radius 3 is 2.90 bits per heavy atom. The Morgan fingerprint density at radius 2 is 2.05 bits per heavy atom. The molecule has 1 aromatic carbocycles. The first-order valence-corrected chi connectivity index (χ1v) is 6.74. The second-order valence-electron chi connectivity index (χ2n) is 4.90. The van der Waals surface area contributed by atoms with E-state index in [9.17, 15) is 4.79 Å². The van der Waals surface area contributed by atoms with Gasteiger partial charge in [-0.3, -0.25) is 14.4 Å². The molecule has 20 heavy (non-hydrogen) atoms. The lowest BCUT2D eigenvalue weighted by molar-refractivity contribution is -0.146. The van der Waals surface area contributed by atoms with Crippen molar-refractivity contribution < 1.29 is 9.53 Å². The van der Waals surface area contributed by atoms with E-state index in [1.807, 2.05) is 41.1 Å². The van der Waals surface area contributed by atoms with Crippen LogP contribution in [0.4, 0.5) is 0 Å². The van der Waals surface area contributed by atoms with Crippen LogP contribution in [0.15, 0.2) is 42.6 Å². The summed E-state index contributed by atoms with van der Waals surface area (Å²) in [6, 6.07) is 11.7. The van der Waals surface area contributed by atoms with E-state index in [4.69, 9.17) is 4.74 Å². The molecule has 2 heterocycles. The number of hydrogen-bond acceptors (Lipinski definition) is 4. The summed E-state index contributed by atoms with van der Waals surface area (Å²) in [5.41, 5.74) is 2.16. The third-order valence-electron chi connectivity index (χ3n) is 3.41.